The van der Waals surface area contributed by atoms with Gasteiger partial charge in [0.1, 0.15) is 0 Å². The van der Waals surface area contributed by atoms with Gasteiger partial charge in [-0.05, 0) is 44.7 Å². The van der Waals surface area contributed by atoms with E-state index in [2.05, 4.69) is 27.8 Å². The fourth-order valence-electron chi connectivity index (χ4n) is 3.83. The average molecular weight is 430 g/mol. The second kappa shape index (κ2) is 10.6. The summed E-state index contributed by atoms with van der Waals surface area (Å²) in [6.07, 6.45) is 4.68. The number of hydrogen-bond donors (Lipinski definition) is 2. The van der Waals surface area contributed by atoms with Crippen LogP contribution in [0.5, 0.6) is 0 Å². The molecular weight excluding hydrogens is 398 g/mol. The predicted molar refractivity (Wildman–Crippen MR) is 118 cm³/mol. The van der Waals surface area contributed by atoms with Gasteiger partial charge < -0.3 is 15.2 Å². The molecule has 0 bridgehead atoms. The normalized spacial score (nSPS) is 18.8. The Morgan fingerprint density at radius 2 is 2.03 bits per heavy atom. The Morgan fingerprint density at radius 1 is 1.23 bits per heavy atom. The molecule has 2 N–H and O–H groups in total. The Kier molecular flexibility index (Phi) is 7.90. The zero-order valence-corrected chi connectivity index (χ0v) is 18.8. The number of thioether (sulfide) groups is 1. The second-order valence-electron chi connectivity index (χ2n) is 7.92. The minimum atomic E-state index is -0.139. The molecule has 1 heterocycles. The molecule has 8 heteroatoms. The molecule has 30 heavy (non-hydrogen) atoms. The molecule has 1 fully saturated rings. The molecule has 1 saturated carbocycles. The molecule has 0 unspecified atom stereocenters. The van der Waals surface area contributed by atoms with Crippen molar-refractivity contribution in [3.8, 4) is 0 Å². The number of hydrogen-bond acceptors (Lipinski definition) is 5. The van der Waals surface area contributed by atoms with E-state index < -0.39 is 0 Å². The van der Waals surface area contributed by atoms with E-state index in [0.29, 0.717) is 41.3 Å². The van der Waals surface area contributed by atoms with Crippen LogP contribution < -0.4 is 10.6 Å². The third-order valence-electron chi connectivity index (χ3n) is 5.59. The molecule has 1 aromatic carbocycles. The smallest absolute Gasteiger partial charge is 0.251 e. The van der Waals surface area contributed by atoms with Crippen LogP contribution in [0, 0.1) is 12.8 Å². The van der Waals surface area contributed by atoms with Crippen LogP contribution in [-0.4, -0.2) is 38.4 Å². The van der Waals surface area contributed by atoms with E-state index >= 15 is 0 Å². The van der Waals surface area contributed by atoms with Crippen molar-refractivity contribution in [3.05, 3.63) is 41.2 Å². The van der Waals surface area contributed by atoms with Gasteiger partial charge in [-0.3, -0.25) is 9.59 Å². The van der Waals surface area contributed by atoms with Crippen LogP contribution in [0.15, 0.2) is 29.4 Å². The fourth-order valence-corrected chi connectivity index (χ4v) is 4.66. The lowest BCUT2D eigenvalue weighted by atomic mass is 9.86. The van der Waals surface area contributed by atoms with Gasteiger partial charge in [0.05, 0.1) is 12.3 Å². The quantitative estimate of drug-likeness (QED) is 0.629. The first kappa shape index (κ1) is 22.3. The standard InChI is InChI=1S/C22H31N5O2S/c1-4-27-19(13-23-21(29)17-10-7-8-15(2)12-17)25-26-22(27)30-14-20(28)24-18-11-6-5-9-16(18)3/h7-8,10,12,16,18H,4-6,9,11,13-14H2,1-3H3,(H,23,29)(H,24,28)/t16-,18-/m1/s1. The molecule has 2 amide bonds. The largest absolute Gasteiger partial charge is 0.352 e. The van der Waals surface area contributed by atoms with Crippen LogP contribution in [0.2, 0.25) is 0 Å². The minimum Gasteiger partial charge on any atom is -0.352 e. The molecule has 3 rings (SSSR count). The van der Waals surface area contributed by atoms with Crippen molar-refractivity contribution >= 4 is 23.6 Å². The van der Waals surface area contributed by atoms with Crippen molar-refractivity contribution in [3.63, 3.8) is 0 Å². The fraction of sp³-hybridized carbons (Fsp3) is 0.545. The molecule has 2 atom stereocenters. The Morgan fingerprint density at radius 3 is 2.77 bits per heavy atom. The van der Waals surface area contributed by atoms with Gasteiger partial charge >= 0.3 is 0 Å². The highest BCUT2D eigenvalue weighted by molar-refractivity contribution is 7.99. The number of rotatable bonds is 8. The number of carbonyl (C=O) groups excluding carboxylic acids is 2. The first-order valence-electron chi connectivity index (χ1n) is 10.7. The molecule has 0 spiro atoms. The number of aromatic nitrogens is 3. The van der Waals surface area contributed by atoms with Gasteiger partial charge in [-0.15, -0.1) is 10.2 Å². The minimum absolute atomic E-state index is 0.0405. The SMILES string of the molecule is CCn1c(CNC(=O)c2cccc(C)c2)nnc1SCC(=O)N[C@@H]1CCCC[C@H]1C. The Labute approximate surface area is 182 Å². The van der Waals surface area contributed by atoms with Gasteiger partial charge in [0, 0.05) is 18.2 Å². The van der Waals surface area contributed by atoms with Gasteiger partial charge in [-0.2, -0.15) is 0 Å². The summed E-state index contributed by atoms with van der Waals surface area (Å²) in [6.45, 7) is 7.14. The Bertz CT molecular complexity index is 882. The maximum absolute atomic E-state index is 12.4. The van der Waals surface area contributed by atoms with Crippen LogP contribution in [0.4, 0.5) is 0 Å². The van der Waals surface area contributed by atoms with Crippen molar-refractivity contribution in [2.75, 3.05) is 5.75 Å². The van der Waals surface area contributed by atoms with Crippen molar-refractivity contribution in [2.45, 2.75) is 70.7 Å². The van der Waals surface area contributed by atoms with E-state index in [-0.39, 0.29) is 17.9 Å². The van der Waals surface area contributed by atoms with Crippen molar-refractivity contribution in [1.82, 2.24) is 25.4 Å². The maximum atomic E-state index is 12.4. The molecule has 0 saturated heterocycles. The number of aryl methyl sites for hydroxylation is 1. The van der Waals surface area contributed by atoms with Crippen LogP contribution in [-0.2, 0) is 17.9 Å². The van der Waals surface area contributed by atoms with E-state index in [1.54, 1.807) is 6.07 Å². The third kappa shape index (κ3) is 5.84. The second-order valence-corrected chi connectivity index (χ2v) is 8.86. The summed E-state index contributed by atoms with van der Waals surface area (Å²) in [4.78, 5) is 24.8. The summed E-state index contributed by atoms with van der Waals surface area (Å²) in [5.41, 5.74) is 1.67. The first-order valence-corrected chi connectivity index (χ1v) is 11.7. The van der Waals surface area contributed by atoms with Crippen LogP contribution >= 0.6 is 11.8 Å². The summed E-state index contributed by atoms with van der Waals surface area (Å²) in [5.74, 6) is 1.44. The summed E-state index contributed by atoms with van der Waals surface area (Å²) in [7, 11) is 0. The summed E-state index contributed by atoms with van der Waals surface area (Å²) < 4.78 is 1.94. The van der Waals surface area contributed by atoms with Crippen LogP contribution in [0.25, 0.3) is 0 Å². The summed E-state index contributed by atoms with van der Waals surface area (Å²) in [5, 5.41) is 15.2. The topological polar surface area (TPSA) is 88.9 Å². The van der Waals surface area contributed by atoms with Gasteiger partial charge in [0.25, 0.3) is 5.91 Å². The van der Waals surface area contributed by atoms with Crippen LogP contribution in [0.1, 0.15) is 61.3 Å². The number of benzene rings is 1. The van der Waals surface area contributed by atoms with E-state index in [1.165, 1.54) is 31.0 Å². The van der Waals surface area contributed by atoms with E-state index in [9.17, 15) is 9.59 Å². The zero-order chi connectivity index (χ0) is 21.5. The van der Waals surface area contributed by atoms with Gasteiger partial charge in [0.2, 0.25) is 5.91 Å². The van der Waals surface area contributed by atoms with E-state index in [1.807, 2.05) is 36.6 Å². The Hall–Kier alpha value is -2.35. The molecule has 1 aromatic heterocycles. The third-order valence-corrected chi connectivity index (χ3v) is 6.55. The number of amides is 2. The highest BCUT2D eigenvalue weighted by Gasteiger charge is 2.23. The Balaban J connectivity index is 1.53. The molecule has 0 aliphatic heterocycles. The van der Waals surface area contributed by atoms with Gasteiger partial charge in [0.15, 0.2) is 11.0 Å². The number of carbonyl (C=O) groups is 2. The monoisotopic (exact) mass is 429 g/mol. The van der Waals surface area contributed by atoms with Gasteiger partial charge in [-0.25, -0.2) is 0 Å². The predicted octanol–water partition coefficient (Wildman–Crippen LogP) is 3.32. The molecular formula is C22H31N5O2S. The molecule has 0 radical (unpaired) electrons. The maximum Gasteiger partial charge on any atom is 0.251 e. The van der Waals surface area contributed by atoms with Crippen LogP contribution in [0.3, 0.4) is 0 Å². The zero-order valence-electron chi connectivity index (χ0n) is 18.0. The molecule has 2 aromatic rings. The molecule has 1 aliphatic rings. The lowest BCUT2D eigenvalue weighted by Gasteiger charge is -2.29. The van der Waals surface area contributed by atoms with Crippen molar-refractivity contribution < 1.29 is 9.59 Å². The van der Waals surface area contributed by atoms with Crippen molar-refractivity contribution in [1.29, 1.82) is 0 Å². The highest BCUT2D eigenvalue weighted by Crippen LogP contribution is 2.24. The summed E-state index contributed by atoms with van der Waals surface area (Å²) >= 11 is 1.39. The summed E-state index contributed by atoms with van der Waals surface area (Å²) in [6, 6.07) is 7.75. The highest BCUT2D eigenvalue weighted by atomic mass is 32.2. The first-order chi connectivity index (χ1) is 14.5. The van der Waals surface area contributed by atoms with E-state index in [4.69, 9.17) is 0 Å². The number of nitrogens with one attached hydrogen (secondary N) is 2. The lowest BCUT2D eigenvalue weighted by molar-refractivity contribution is -0.119. The molecule has 162 valence electrons. The van der Waals surface area contributed by atoms with Gasteiger partial charge in [-0.1, -0.05) is 49.2 Å². The molecule has 1 aliphatic carbocycles. The average Bonchev–Trinajstić information content (AvgIpc) is 3.14. The number of nitrogens with zero attached hydrogens (tertiary/aromatic N) is 3. The molecule has 7 nitrogen and oxygen atoms in total. The van der Waals surface area contributed by atoms with E-state index in [0.717, 1.165) is 12.0 Å². The lowest BCUT2D eigenvalue weighted by Crippen LogP contribution is -2.41. The van der Waals surface area contributed by atoms with Crippen molar-refractivity contribution in [2.24, 2.45) is 5.92 Å².